The average Bonchev–Trinajstić information content (AvgIpc) is 3.37. The predicted octanol–water partition coefficient (Wildman–Crippen LogP) is 1.76. The molecule has 4 rings (SSSR count). The van der Waals surface area contributed by atoms with Gasteiger partial charge in [-0.05, 0) is 47.7 Å². The highest BCUT2D eigenvalue weighted by atomic mass is 32.2. The van der Waals surface area contributed by atoms with Gasteiger partial charge in [0.2, 0.25) is 11.5 Å². The van der Waals surface area contributed by atoms with Crippen LogP contribution in [0.4, 0.5) is 0 Å². The van der Waals surface area contributed by atoms with Gasteiger partial charge < -0.3 is 14.4 Å². The molecule has 0 unspecified atom stereocenters. The number of pyridine rings is 1. The Morgan fingerprint density at radius 2 is 2.17 bits per heavy atom. The van der Waals surface area contributed by atoms with E-state index in [1.807, 2.05) is 6.07 Å². The Morgan fingerprint density at radius 3 is 2.90 bits per heavy atom. The molecule has 0 N–H and O–H groups in total. The van der Waals surface area contributed by atoms with Gasteiger partial charge in [-0.2, -0.15) is 5.26 Å². The van der Waals surface area contributed by atoms with E-state index in [2.05, 4.69) is 16.3 Å². The zero-order valence-corrected chi connectivity index (χ0v) is 16.4. The van der Waals surface area contributed by atoms with Crippen LogP contribution in [0.15, 0.2) is 39.9 Å². The lowest BCUT2D eigenvalue weighted by molar-refractivity contribution is -0.672. The third kappa shape index (κ3) is 3.67. The molecule has 2 heterocycles. The van der Waals surface area contributed by atoms with E-state index in [1.165, 1.54) is 4.68 Å². The summed E-state index contributed by atoms with van der Waals surface area (Å²) in [6.45, 7) is 0. The Bertz CT molecular complexity index is 1120. The second-order valence-corrected chi connectivity index (χ2v) is 7.41. The summed E-state index contributed by atoms with van der Waals surface area (Å²) in [4.78, 5) is 17.3. The third-order valence-corrected chi connectivity index (χ3v) is 5.66. The monoisotopic (exact) mass is 408 g/mol. The number of ketones is 1. The van der Waals surface area contributed by atoms with E-state index in [1.54, 1.807) is 31.4 Å². The molecule has 3 aromatic rings. The summed E-state index contributed by atoms with van der Waals surface area (Å²) in [6, 6.07) is 10.7. The lowest BCUT2D eigenvalue weighted by Crippen LogP contribution is -2.39. The van der Waals surface area contributed by atoms with Crippen molar-refractivity contribution < 1.29 is 23.8 Å². The number of fused-ring (bicyclic) bond motifs is 1. The number of carbonyl (C=O) groups excluding carboxylic acids is 1. The number of rotatable bonds is 6. The molecule has 1 aromatic carbocycles. The molecule has 0 amide bonds. The number of thioether (sulfide) groups is 1. The number of Topliss-reactive ketones (excluding diaryl/α,β-unsaturated/α-hetero) is 1. The molecular formula is C20H16N4O4S. The van der Waals surface area contributed by atoms with Crippen LogP contribution in [0.1, 0.15) is 33.7 Å². The van der Waals surface area contributed by atoms with E-state index in [4.69, 9.17) is 9.26 Å². The highest BCUT2D eigenvalue weighted by molar-refractivity contribution is 8.00. The maximum absolute atomic E-state index is 12.8. The quantitative estimate of drug-likeness (QED) is 0.344. The topological polar surface area (TPSA) is 116 Å². The summed E-state index contributed by atoms with van der Waals surface area (Å²) < 4.78 is 11.0. The van der Waals surface area contributed by atoms with Crippen molar-refractivity contribution in [2.24, 2.45) is 0 Å². The number of ether oxygens (including phenoxy) is 1. The number of aromatic nitrogens is 3. The standard InChI is InChI=1S/C20H16N4O4S/c1-27-15-7-5-14(6-8-15)24-18(20(26)28-23-24)17(25)11-29-19-13(10-21)9-12-3-2-4-16(12)22-19/h5-9H,2-4,11H2,1H3. The van der Waals surface area contributed by atoms with Gasteiger partial charge in [-0.15, -0.1) is 0 Å². The Labute approximate surface area is 170 Å². The fraction of sp³-hybridized carbons (Fsp3) is 0.250. The normalized spacial score (nSPS) is 12.4. The third-order valence-electron chi connectivity index (χ3n) is 4.67. The summed E-state index contributed by atoms with van der Waals surface area (Å²) in [5.74, 6) is -0.694. The SMILES string of the molecule is COc1ccc(-[n+]2noc([O-])c2C(=O)CSc2nc3c(cc2C#N)CCC3)cc1. The van der Waals surface area contributed by atoms with Crippen LogP contribution >= 0.6 is 11.8 Å². The number of benzene rings is 1. The molecule has 146 valence electrons. The minimum Gasteiger partial charge on any atom is -0.539 e. The number of carbonyl (C=O) groups is 1. The Morgan fingerprint density at radius 1 is 1.38 bits per heavy atom. The second kappa shape index (κ2) is 7.93. The van der Waals surface area contributed by atoms with Gasteiger partial charge in [-0.25, -0.2) is 4.98 Å². The summed E-state index contributed by atoms with van der Waals surface area (Å²) in [6.07, 6.45) is 2.81. The zero-order valence-electron chi connectivity index (χ0n) is 15.5. The smallest absolute Gasteiger partial charge is 0.307 e. The van der Waals surface area contributed by atoms with Crippen LogP contribution in [-0.2, 0) is 12.8 Å². The van der Waals surface area contributed by atoms with Crippen molar-refractivity contribution in [2.75, 3.05) is 12.9 Å². The first kappa shape index (κ1) is 19.0. The fourth-order valence-corrected chi connectivity index (χ4v) is 4.06. The van der Waals surface area contributed by atoms with Crippen molar-refractivity contribution in [3.8, 4) is 23.5 Å². The molecule has 0 radical (unpaired) electrons. The first-order valence-corrected chi connectivity index (χ1v) is 9.91. The molecule has 8 nitrogen and oxygen atoms in total. The summed E-state index contributed by atoms with van der Waals surface area (Å²) in [5.41, 5.74) is 2.83. The number of nitrogens with zero attached hydrogens (tertiary/aromatic N) is 4. The summed E-state index contributed by atoms with van der Waals surface area (Å²) in [7, 11) is 1.54. The Balaban J connectivity index is 1.57. The Kier molecular flexibility index (Phi) is 5.18. The van der Waals surface area contributed by atoms with Gasteiger partial charge in [0.25, 0.3) is 0 Å². The largest absolute Gasteiger partial charge is 0.539 e. The van der Waals surface area contributed by atoms with E-state index >= 15 is 0 Å². The lowest BCUT2D eigenvalue weighted by atomic mass is 10.2. The van der Waals surface area contributed by atoms with Gasteiger partial charge in [-0.1, -0.05) is 11.8 Å². The predicted molar refractivity (Wildman–Crippen MR) is 100 cm³/mol. The molecule has 0 saturated heterocycles. The van der Waals surface area contributed by atoms with Crippen molar-refractivity contribution in [1.29, 1.82) is 5.26 Å². The van der Waals surface area contributed by atoms with E-state index in [9.17, 15) is 15.2 Å². The van der Waals surface area contributed by atoms with Crippen LogP contribution in [0.25, 0.3) is 5.69 Å². The highest BCUT2D eigenvalue weighted by Crippen LogP contribution is 2.28. The number of methoxy groups -OCH3 is 1. The fourth-order valence-electron chi connectivity index (χ4n) is 3.23. The molecule has 1 aliphatic carbocycles. The molecule has 0 spiro atoms. The van der Waals surface area contributed by atoms with Crippen LogP contribution in [0.5, 0.6) is 11.7 Å². The van der Waals surface area contributed by atoms with Gasteiger partial charge in [0.1, 0.15) is 16.8 Å². The van der Waals surface area contributed by atoms with Crippen LogP contribution in [0, 0.1) is 11.3 Å². The van der Waals surface area contributed by atoms with Gasteiger partial charge in [0.05, 0.1) is 23.7 Å². The molecule has 1 aliphatic rings. The molecule has 0 aliphatic heterocycles. The maximum atomic E-state index is 12.8. The lowest BCUT2D eigenvalue weighted by Gasteiger charge is -2.06. The summed E-state index contributed by atoms with van der Waals surface area (Å²) >= 11 is 1.14. The van der Waals surface area contributed by atoms with Crippen LogP contribution in [0.3, 0.4) is 0 Å². The van der Waals surface area contributed by atoms with Gasteiger partial charge in [-0.3, -0.25) is 4.79 Å². The van der Waals surface area contributed by atoms with E-state index in [0.717, 1.165) is 42.3 Å². The number of hydrogen-bond acceptors (Lipinski definition) is 8. The molecule has 2 aromatic heterocycles. The van der Waals surface area contributed by atoms with Crippen molar-refractivity contribution in [3.63, 3.8) is 0 Å². The second-order valence-electron chi connectivity index (χ2n) is 6.44. The van der Waals surface area contributed by atoms with Gasteiger partial charge >= 0.3 is 5.69 Å². The van der Waals surface area contributed by atoms with Crippen molar-refractivity contribution in [1.82, 2.24) is 10.3 Å². The van der Waals surface area contributed by atoms with E-state index in [0.29, 0.717) is 22.0 Å². The first-order chi connectivity index (χ1) is 14.1. The maximum Gasteiger partial charge on any atom is 0.307 e. The zero-order chi connectivity index (χ0) is 20.4. The van der Waals surface area contributed by atoms with Gasteiger partial charge in [0, 0.05) is 17.8 Å². The van der Waals surface area contributed by atoms with Crippen molar-refractivity contribution >= 4 is 17.5 Å². The average molecular weight is 408 g/mol. The minimum atomic E-state index is -0.811. The first-order valence-electron chi connectivity index (χ1n) is 8.93. The van der Waals surface area contributed by atoms with Crippen LogP contribution in [-0.4, -0.2) is 28.9 Å². The van der Waals surface area contributed by atoms with Crippen LogP contribution < -0.4 is 14.5 Å². The Hall–Kier alpha value is -3.38. The number of aryl methyl sites for hydroxylation is 2. The van der Waals surface area contributed by atoms with Gasteiger partial charge in [0.15, 0.2) is 5.95 Å². The number of hydrogen-bond donors (Lipinski definition) is 0. The van der Waals surface area contributed by atoms with E-state index in [-0.39, 0.29) is 11.4 Å². The minimum absolute atomic E-state index is 0.0624. The molecule has 9 heteroatoms. The molecule has 0 atom stereocenters. The van der Waals surface area contributed by atoms with E-state index < -0.39 is 11.7 Å². The molecule has 0 saturated carbocycles. The molecule has 29 heavy (non-hydrogen) atoms. The molecular weight excluding hydrogens is 392 g/mol. The number of nitriles is 1. The van der Waals surface area contributed by atoms with Crippen LogP contribution in [0.2, 0.25) is 0 Å². The summed E-state index contributed by atoms with van der Waals surface area (Å²) in [5, 5.41) is 25.7. The highest BCUT2D eigenvalue weighted by Gasteiger charge is 2.28. The molecule has 0 fully saturated rings. The van der Waals surface area contributed by atoms with Crippen molar-refractivity contribution in [2.45, 2.75) is 24.3 Å². The molecule has 0 bridgehead atoms. The van der Waals surface area contributed by atoms with Crippen molar-refractivity contribution in [3.05, 3.63) is 52.8 Å².